The predicted octanol–water partition coefficient (Wildman–Crippen LogP) is 5.20. The van der Waals surface area contributed by atoms with E-state index < -0.39 is 0 Å². The summed E-state index contributed by atoms with van der Waals surface area (Å²) in [5.74, 6) is 0.913. The number of aryl methyl sites for hydroxylation is 1. The molecule has 0 saturated carbocycles. The number of halogens is 4. The zero-order valence-corrected chi connectivity index (χ0v) is 14.5. The molecule has 2 aromatic carbocycles. The molecule has 0 amide bonds. The second kappa shape index (κ2) is 6.10. The molecule has 108 valence electrons. The molecule has 0 fully saturated rings. The minimum atomic E-state index is -0.360. The summed E-state index contributed by atoms with van der Waals surface area (Å²) in [5, 5.41) is 0.351. The van der Waals surface area contributed by atoms with E-state index in [1.165, 1.54) is 12.1 Å². The molecule has 2 nitrogen and oxygen atoms in total. The number of nitrogens with zero attached hydrogens (tertiary/aromatic N) is 2. The fraction of sp³-hybridized carbons (Fsp3) is 0.133. The van der Waals surface area contributed by atoms with Crippen molar-refractivity contribution in [3.05, 3.63) is 56.6 Å². The van der Waals surface area contributed by atoms with Gasteiger partial charge in [0.05, 0.1) is 21.7 Å². The zero-order valence-electron chi connectivity index (χ0n) is 10.8. The van der Waals surface area contributed by atoms with Crippen LogP contribution in [0.4, 0.5) is 4.39 Å². The average Bonchev–Trinajstić information content (AvgIpc) is 2.76. The number of aromatic nitrogens is 2. The summed E-state index contributed by atoms with van der Waals surface area (Å²) >= 11 is 14.3. The first-order valence-electron chi connectivity index (χ1n) is 6.28. The summed E-state index contributed by atoms with van der Waals surface area (Å²) < 4.78 is 16.3. The summed E-state index contributed by atoms with van der Waals surface area (Å²) in [7, 11) is 0. The Hall–Kier alpha value is -0.850. The molecule has 0 aliphatic rings. The van der Waals surface area contributed by atoms with E-state index in [0.717, 1.165) is 20.4 Å². The van der Waals surface area contributed by atoms with Crippen molar-refractivity contribution in [3.8, 4) is 5.69 Å². The molecule has 0 aliphatic heterocycles. The van der Waals surface area contributed by atoms with Crippen molar-refractivity contribution in [2.24, 2.45) is 0 Å². The highest BCUT2D eigenvalue weighted by atomic mass is 127. The monoisotopic (exact) mass is 434 g/mol. The van der Waals surface area contributed by atoms with Crippen LogP contribution in [0.5, 0.6) is 0 Å². The Morgan fingerprint density at radius 2 is 2.00 bits per heavy atom. The Morgan fingerprint density at radius 1 is 1.19 bits per heavy atom. The van der Waals surface area contributed by atoms with Gasteiger partial charge in [-0.05, 0) is 59.0 Å². The molecule has 0 radical (unpaired) electrons. The van der Waals surface area contributed by atoms with Crippen molar-refractivity contribution >= 4 is 56.8 Å². The van der Waals surface area contributed by atoms with Crippen molar-refractivity contribution in [2.45, 2.75) is 6.42 Å². The molecule has 0 N–H and O–H groups in total. The lowest BCUT2D eigenvalue weighted by Gasteiger charge is -2.10. The van der Waals surface area contributed by atoms with Gasteiger partial charge in [0.15, 0.2) is 0 Å². The van der Waals surface area contributed by atoms with E-state index in [-0.39, 0.29) is 5.82 Å². The number of hydrogen-bond donors (Lipinski definition) is 0. The fourth-order valence-corrected chi connectivity index (χ4v) is 3.18. The van der Waals surface area contributed by atoms with E-state index in [4.69, 9.17) is 23.2 Å². The number of benzene rings is 2. The Labute approximate surface area is 145 Å². The van der Waals surface area contributed by atoms with Crippen molar-refractivity contribution in [1.82, 2.24) is 9.55 Å². The van der Waals surface area contributed by atoms with E-state index in [9.17, 15) is 4.39 Å². The zero-order chi connectivity index (χ0) is 15.0. The van der Waals surface area contributed by atoms with Crippen LogP contribution in [0, 0.1) is 9.39 Å². The topological polar surface area (TPSA) is 17.8 Å². The van der Waals surface area contributed by atoms with Gasteiger partial charge in [-0.25, -0.2) is 9.37 Å². The normalized spacial score (nSPS) is 11.2. The van der Waals surface area contributed by atoms with Crippen LogP contribution in [0.2, 0.25) is 5.02 Å². The van der Waals surface area contributed by atoms with Crippen LogP contribution in [0.25, 0.3) is 16.7 Å². The second-order valence-electron chi connectivity index (χ2n) is 4.53. The third kappa shape index (κ3) is 2.89. The lowest BCUT2D eigenvalue weighted by molar-refractivity contribution is 0.627. The van der Waals surface area contributed by atoms with Gasteiger partial charge in [0.25, 0.3) is 0 Å². The maximum atomic E-state index is 13.3. The van der Waals surface area contributed by atoms with E-state index >= 15 is 0 Å². The lowest BCUT2D eigenvalue weighted by atomic mass is 10.2. The maximum absolute atomic E-state index is 13.3. The van der Waals surface area contributed by atoms with Crippen molar-refractivity contribution in [2.75, 3.05) is 5.88 Å². The van der Waals surface area contributed by atoms with Crippen LogP contribution in [0.3, 0.4) is 0 Å². The van der Waals surface area contributed by atoms with Crippen LogP contribution < -0.4 is 0 Å². The fourth-order valence-electron chi connectivity index (χ4n) is 2.29. The molecule has 0 aliphatic carbocycles. The summed E-state index contributed by atoms with van der Waals surface area (Å²) in [6.45, 7) is 0. The molecule has 0 unspecified atom stereocenters. The molecule has 3 rings (SSSR count). The van der Waals surface area contributed by atoms with E-state index in [1.54, 1.807) is 6.07 Å². The van der Waals surface area contributed by atoms with Crippen LogP contribution >= 0.6 is 45.8 Å². The van der Waals surface area contributed by atoms with E-state index in [0.29, 0.717) is 23.0 Å². The lowest BCUT2D eigenvalue weighted by Crippen LogP contribution is -2.03. The number of alkyl halides is 1. The van der Waals surface area contributed by atoms with Crippen LogP contribution in [0.15, 0.2) is 36.4 Å². The standard InChI is InChI=1S/C15H10Cl2FIN2/c16-6-5-15-20-12-8-10(19)2-4-14(12)21(15)13-3-1-9(18)7-11(13)17/h1-4,7-8H,5-6H2. The van der Waals surface area contributed by atoms with Gasteiger partial charge >= 0.3 is 0 Å². The smallest absolute Gasteiger partial charge is 0.124 e. The minimum Gasteiger partial charge on any atom is -0.295 e. The van der Waals surface area contributed by atoms with Gasteiger partial charge in [-0.1, -0.05) is 11.6 Å². The number of imidazole rings is 1. The maximum Gasteiger partial charge on any atom is 0.124 e. The van der Waals surface area contributed by atoms with Gasteiger partial charge in [-0.3, -0.25) is 4.57 Å². The van der Waals surface area contributed by atoms with Gasteiger partial charge in [-0.15, -0.1) is 11.6 Å². The van der Waals surface area contributed by atoms with Gasteiger partial charge in [-0.2, -0.15) is 0 Å². The van der Waals surface area contributed by atoms with Crippen LogP contribution in [0.1, 0.15) is 5.82 Å². The van der Waals surface area contributed by atoms with Crippen LogP contribution in [-0.4, -0.2) is 15.4 Å². The van der Waals surface area contributed by atoms with E-state index in [2.05, 4.69) is 27.6 Å². The average molecular weight is 435 g/mol. The van der Waals surface area contributed by atoms with Gasteiger partial charge in [0.2, 0.25) is 0 Å². The van der Waals surface area contributed by atoms with E-state index in [1.807, 2.05) is 22.8 Å². The van der Waals surface area contributed by atoms with Crippen molar-refractivity contribution in [1.29, 1.82) is 0 Å². The molecule has 0 saturated heterocycles. The Balaban J connectivity index is 2.30. The quantitative estimate of drug-likeness (QED) is 0.409. The van der Waals surface area contributed by atoms with Crippen molar-refractivity contribution < 1.29 is 4.39 Å². The Kier molecular flexibility index (Phi) is 4.38. The molecule has 3 aromatic rings. The molecule has 6 heteroatoms. The Morgan fingerprint density at radius 3 is 2.71 bits per heavy atom. The highest BCUT2D eigenvalue weighted by molar-refractivity contribution is 14.1. The predicted molar refractivity (Wildman–Crippen MR) is 93.2 cm³/mol. The molecular formula is C15H10Cl2FIN2. The third-order valence-corrected chi connectivity index (χ3v) is 4.32. The molecule has 0 spiro atoms. The molecule has 1 heterocycles. The third-order valence-electron chi connectivity index (χ3n) is 3.15. The molecule has 0 atom stereocenters. The molecule has 21 heavy (non-hydrogen) atoms. The molecule has 0 bridgehead atoms. The largest absolute Gasteiger partial charge is 0.295 e. The first kappa shape index (κ1) is 15.1. The van der Waals surface area contributed by atoms with Gasteiger partial charge < -0.3 is 0 Å². The van der Waals surface area contributed by atoms with Crippen LogP contribution in [-0.2, 0) is 6.42 Å². The molecular weight excluding hydrogens is 425 g/mol. The first-order chi connectivity index (χ1) is 10.1. The summed E-state index contributed by atoms with van der Waals surface area (Å²) in [6.07, 6.45) is 0.612. The number of fused-ring (bicyclic) bond motifs is 1. The summed E-state index contributed by atoms with van der Waals surface area (Å²) in [5.41, 5.74) is 2.52. The van der Waals surface area contributed by atoms with Gasteiger partial charge in [0, 0.05) is 15.9 Å². The highest BCUT2D eigenvalue weighted by Crippen LogP contribution is 2.28. The highest BCUT2D eigenvalue weighted by Gasteiger charge is 2.15. The number of rotatable bonds is 3. The summed E-state index contributed by atoms with van der Waals surface area (Å²) in [6, 6.07) is 10.4. The van der Waals surface area contributed by atoms with Crippen molar-refractivity contribution in [3.63, 3.8) is 0 Å². The molecule has 1 aromatic heterocycles. The van der Waals surface area contributed by atoms with Gasteiger partial charge in [0.1, 0.15) is 11.6 Å². The minimum absolute atomic E-state index is 0.351. The second-order valence-corrected chi connectivity index (χ2v) is 6.56. The Bertz CT molecular complexity index is 817. The number of hydrogen-bond acceptors (Lipinski definition) is 1. The first-order valence-corrected chi connectivity index (χ1v) is 8.27. The summed E-state index contributed by atoms with van der Waals surface area (Å²) in [4.78, 5) is 4.62. The SMILES string of the molecule is Fc1ccc(-n2c(CCCl)nc3cc(I)ccc32)c(Cl)c1.